The first-order valence-electron chi connectivity index (χ1n) is 6.98. The number of benzene rings is 2. The molecule has 0 unspecified atom stereocenters. The summed E-state index contributed by atoms with van der Waals surface area (Å²) in [4.78, 5) is 23.4. The van der Waals surface area contributed by atoms with Gasteiger partial charge in [-0.3, -0.25) is 9.59 Å². The lowest BCUT2D eigenvalue weighted by atomic mass is 10.1. The SMILES string of the molecule is O=C(CCC(=O)c1ccc(F)cc1F)NS(=O)(=O)c1ccc(Cl)cc1. The van der Waals surface area contributed by atoms with Crippen molar-refractivity contribution in [2.75, 3.05) is 0 Å². The average molecular weight is 388 g/mol. The molecule has 0 aliphatic carbocycles. The Balaban J connectivity index is 1.98. The Morgan fingerprint density at radius 1 is 1.00 bits per heavy atom. The van der Waals surface area contributed by atoms with Crippen LogP contribution < -0.4 is 4.72 Å². The van der Waals surface area contributed by atoms with Crippen LogP contribution in [0.4, 0.5) is 8.78 Å². The molecule has 0 aliphatic rings. The van der Waals surface area contributed by atoms with E-state index in [1.54, 1.807) is 4.72 Å². The predicted molar refractivity (Wildman–Crippen MR) is 86.7 cm³/mol. The summed E-state index contributed by atoms with van der Waals surface area (Å²) in [5.74, 6) is -3.54. The van der Waals surface area contributed by atoms with E-state index in [1.807, 2.05) is 0 Å². The summed E-state index contributed by atoms with van der Waals surface area (Å²) in [6.07, 6.45) is -0.896. The monoisotopic (exact) mass is 387 g/mol. The number of carbonyl (C=O) groups is 2. The number of hydrogen-bond acceptors (Lipinski definition) is 4. The van der Waals surface area contributed by atoms with Crippen LogP contribution in [0.3, 0.4) is 0 Å². The van der Waals surface area contributed by atoms with Crippen LogP contribution in [0.1, 0.15) is 23.2 Å². The smallest absolute Gasteiger partial charge is 0.264 e. The predicted octanol–water partition coefficient (Wildman–Crippen LogP) is 3.09. The molecule has 2 aromatic carbocycles. The average Bonchev–Trinajstić information content (AvgIpc) is 2.52. The zero-order chi connectivity index (χ0) is 18.6. The van der Waals surface area contributed by atoms with Crippen LogP contribution in [0.5, 0.6) is 0 Å². The van der Waals surface area contributed by atoms with E-state index in [0.29, 0.717) is 11.1 Å². The van der Waals surface area contributed by atoms with Crippen molar-refractivity contribution in [1.29, 1.82) is 0 Å². The number of ketones is 1. The van der Waals surface area contributed by atoms with Gasteiger partial charge in [0.2, 0.25) is 5.91 Å². The van der Waals surface area contributed by atoms with Crippen LogP contribution in [0.2, 0.25) is 5.02 Å². The van der Waals surface area contributed by atoms with Gasteiger partial charge >= 0.3 is 0 Å². The number of nitrogens with one attached hydrogen (secondary N) is 1. The van der Waals surface area contributed by atoms with Crippen LogP contribution in [0.25, 0.3) is 0 Å². The lowest BCUT2D eigenvalue weighted by Gasteiger charge is -2.07. The van der Waals surface area contributed by atoms with Crippen molar-refractivity contribution in [3.8, 4) is 0 Å². The Morgan fingerprint density at radius 3 is 2.24 bits per heavy atom. The molecule has 0 atom stereocenters. The van der Waals surface area contributed by atoms with E-state index in [1.165, 1.54) is 24.3 Å². The Bertz CT molecular complexity index is 914. The minimum Gasteiger partial charge on any atom is -0.294 e. The minimum absolute atomic E-state index is 0.166. The van der Waals surface area contributed by atoms with Crippen LogP contribution in [0, 0.1) is 11.6 Å². The summed E-state index contributed by atoms with van der Waals surface area (Å²) in [5.41, 5.74) is -0.366. The third kappa shape index (κ3) is 5.07. The molecule has 0 aromatic heterocycles. The number of amides is 1. The molecule has 25 heavy (non-hydrogen) atoms. The summed E-state index contributed by atoms with van der Waals surface area (Å²) in [5, 5.41) is 0.331. The van der Waals surface area contributed by atoms with Crippen molar-refractivity contribution >= 4 is 33.3 Å². The van der Waals surface area contributed by atoms with Gasteiger partial charge in [-0.25, -0.2) is 21.9 Å². The molecule has 0 aliphatic heterocycles. The second kappa shape index (κ2) is 7.71. The Kier molecular flexibility index (Phi) is 5.86. The number of halogens is 3. The summed E-state index contributed by atoms with van der Waals surface area (Å²) in [6.45, 7) is 0. The van der Waals surface area contributed by atoms with Gasteiger partial charge in [-0.1, -0.05) is 11.6 Å². The van der Waals surface area contributed by atoms with E-state index in [-0.39, 0.29) is 10.5 Å². The maximum absolute atomic E-state index is 13.5. The number of sulfonamides is 1. The first-order chi connectivity index (χ1) is 11.7. The van der Waals surface area contributed by atoms with Gasteiger partial charge in [0, 0.05) is 23.9 Å². The standard InChI is InChI=1S/C16H12ClF2NO4S/c17-10-1-4-12(5-2-10)25(23,24)20-16(22)8-7-15(21)13-6-3-11(18)9-14(13)19/h1-6,9H,7-8H2,(H,20,22). The molecular weight excluding hydrogens is 376 g/mol. The molecule has 0 saturated carbocycles. The van der Waals surface area contributed by atoms with Crippen molar-refractivity contribution in [2.45, 2.75) is 17.7 Å². The third-order valence-corrected chi connectivity index (χ3v) is 4.82. The number of Topliss-reactive ketones (excluding diaryl/α,β-unsaturated/α-hetero) is 1. The highest BCUT2D eigenvalue weighted by molar-refractivity contribution is 7.90. The fourth-order valence-corrected chi connectivity index (χ4v) is 3.09. The zero-order valence-electron chi connectivity index (χ0n) is 12.6. The molecule has 0 spiro atoms. The van der Waals surface area contributed by atoms with Gasteiger partial charge < -0.3 is 0 Å². The van der Waals surface area contributed by atoms with Gasteiger partial charge in [-0.2, -0.15) is 0 Å². The molecule has 2 rings (SSSR count). The first-order valence-corrected chi connectivity index (χ1v) is 8.84. The second-order valence-corrected chi connectivity index (χ2v) is 7.15. The van der Waals surface area contributed by atoms with Gasteiger partial charge in [0.1, 0.15) is 11.6 Å². The summed E-state index contributed by atoms with van der Waals surface area (Å²) < 4.78 is 52.1. The lowest BCUT2D eigenvalue weighted by Crippen LogP contribution is -2.30. The molecule has 1 N–H and O–H groups in total. The Morgan fingerprint density at radius 2 is 1.64 bits per heavy atom. The molecule has 0 saturated heterocycles. The quantitative estimate of drug-likeness (QED) is 0.772. The van der Waals surface area contributed by atoms with E-state index in [4.69, 9.17) is 11.6 Å². The van der Waals surface area contributed by atoms with E-state index in [9.17, 15) is 26.8 Å². The maximum Gasteiger partial charge on any atom is 0.264 e. The van der Waals surface area contributed by atoms with Crippen LogP contribution in [-0.2, 0) is 14.8 Å². The van der Waals surface area contributed by atoms with Gasteiger partial charge in [0.05, 0.1) is 10.5 Å². The normalized spacial score (nSPS) is 11.2. The van der Waals surface area contributed by atoms with Gasteiger partial charge in [0.25, 0.3) is 10.0 Å². The molecule has 1 amide bonds. The fraction of sp³-hybridized carbons (Fsp3) is 0.125. The van der Waals surface area contributed by atoms with E-state index < -0.39 is 46.2 Å². The van der Waals surface area contributed by atoms with Gasteiger partial charge in [-0.05, 0) is 36.4 Å². The van der Waals surface area contributed by atoms with E-state index in [2.05, 4.69) is 0 Å². The minimum atomic E-state index is -4.10. The number of carbonyl (C=O) groups excluding carboxylic acids is 2. The highest BCUT2D eigenvalue weighted by Crippen LogP contribution is 2.15. The molecule has 132 valence electrons. The number of hydrogen-bond donors (Lipinski definition) is 1. The second-order valence-electron chi connectivity index (χ2n) is 5.03. The lowest BCUT2D eigenvalue weighted by molar-refractivity contribution is -0.119. The topological polar surface area (TPSA) is 80.3 Å². The van der Waals surface area contributed by atoms with E-state index in [0.717, 1.165) is 12.1 Å². The van der Waals surface area contributed by atoms with Crippen LogP contribution in [-0.4, -0.2) is 20.1 Å². The van der Waals surface area contributed by atoms with Gasteiger partial charge in [0.15, 0.2) is 5.78 Å². The summed E-state index contributed by atoms with van der Waals surface area (Å²) >= 11 is 5.66. The van der Waals surface area contributed by atoms with Gasteiger partial charge in [-0.15, -0.1) is 0 Å². The Labute approximate surface area is 147 Å². The first kappa shape index (κ1) is 19.0. The van der Waals surface area contributed by atoms with Crippen LogP contribution in [0.15, 0.2) is 47.4 Å². The highest BCUT2D eigenvalue weighted by Gasteiger charge is 2.19. The third-order valence-electron chi connectivity index (χ3n) is 3.18. The van der Waals surface area contributed by atoms with E-state index >= 15 is 0 Å². The molecule has 0 radical (unpaired) electrons. The van der Waals surface area contributed by atoms with Crippen molar-refractivity contribution < 1.29 is 26.8 Å². The molecule has 0 bridgehead atoms. The maximum atomic E-state index is 13.5. The van der Waals surface area contributed by atoms with Crippen molar-refractivity contribution in [3.05, 3.63) is 64.7 Å². The fourth-order valence-electron chi connectivity index (χ4n) is 1.95. The van der Waals surface area contributed by atoms with Crippen molar-refractivity contribution in [3.63, 3.8) is 0 Å². The molecule has 9 heteroatoms. The molecule has 2 aromatic rings. The molecule has 0 fully saturated rings. The zero-order valence-corrected chi connectivity index (χ0v) is 14.2. The highest BCUT2D eigenvalue weighted by atomic mass is 35.5. The van der Waals surface area contributed by atoms with Crippen molar-refractivity contribution in [1.82, 2.24) is 4.72 Å². The molecule has 5 nitrogen and oxygen atoms in total. The number of rotatable bonds is 6. The van der Waals surface area contributed by atoms with Crippen LogP contribution >= 0.6 is 11.6 Å². The Hall–Kier alpha value is -2.32. The summed E-state index contributed by atoms with van der Waals surface area (Å²) in [7, 11) is -4.10. The largest absolute Gasteiger partial charge is 0.294 e. The molecular formula is C16H12ClF2NO4S. The summed E-state index contributed by atoms with van der Waals surface area (Å²) in [6, 6.07) is 7.58. The van der Waals surface area contributed by atoms with Crippen molar-refractivity contribution in [2.24, 2.45) is 0 Å². The molecule has 0 heterocycles.